The summed E-state index contributed by atoms with van der Waals surface area (Å²) in [6, 6.07) is 36.4. The molecule has 0 spiro atoms. The van der Waals surface area contributed by atoms with Crippen molar-refractivity contribution in [2.75, 3.05) is 11.9 Å². The van der Waals surface area contributed by atoms with Gasteiger partial charge in [0, 0.05) is 21.4 Å². The number of esters is 1. The van der Waals surface area contributed by atoms with Gasteiger partial charge in [0.2, 0.25) is 0 Å². The summed E-state index contributed by atoms with van der Waals surface area (Å²) in [5.74, 6) is -0.358. The largest absolute Gasteiger partial charge is 0.462 e. The summed E-state index contributed by atoms with van der Waals surface area (Å²) in [6.45, 7) is 6.53. The average molecular weight is 494 g/mol. The number of nitrogens with one attached hydrogen (secondary N) is 1. The van der Waals surface area contributed by atoms with Crippen LogP contribution in [0.4, 0.5) is 5.69 Å². The van der Waals surface area contributed by atoms with E-state index in [1.165, 1.54) is 4.90 Å². The maximum atomic E-state index is 13.4. The third-order valence-electron chi connectivity index (χ3n) is 5.58. The molecule has 4 aromatic carbocycles. The zero-order valence-corrected chi connectivity index (χ0v) is 21.7. The number of ether oxygens (including phenoxy) is 1. The van der Waals surface area contributed by atoms with Crippen molar-refractivity contribution < 1.29 is 9.53 Å². The first-order valence-electron chi connectivity index (χ1n) is 12.2. The lowest BCUT2D eigenvalue weighted by molar-refractivity contribution is -0.136. The van der Waals surface area contributed by atoms with Crippen molar-refractivity contribution in [2.24, 2.45) is 0 Å². The molecule has 1 N–H and O–H groups in total. The van der Waals surface area contributed by atoms with Gasteiger partial charge in [-0.25, -0.2) is 4.79 Å². The lowest BCUT2D eigenvalue weighted by Gasteiger charge is -2.20. The lowest BCUT2D eigenvalue weighted by Crippen LogP contribution is -2.13. The van der Waals surface area contributed by atoms with Gasteiger partial charge in [-0.3, -0.25) is 0 Å². The first-order valence-corrected chi connectivity index (χ1v) is 13.1. The molecule has 4 heteroatoms. The highest BCUT2D eigenvalue weighted by molar-refractivity contribution is 8.00. The van der Waals surface area contributed by atoms with Gasteiger partial charge in [-0.1, -0.05) is 111 Å². The Morgan fingerprint density at radius 1 is 0.750 bits per heavy atom. The molecule has 0 radical (unpaired) electrons. The standard InChI is InChI=1S/C32H31NO2S/c1-4-35-32(34)30(24-15-7-5-8-16-24)31(25-17-9-6-10-18-25)33-28-21-13-11-19-26(28)27-20-12-14-22-29(27)36-23(2)3/h5-23,33H,4H2,1-3H3/b31-30+. The number of carbonyl (C=O) groups excluding carboxylic acids is 1. The minimum absolute atomic E-state index is 0.299. The van der Waals surface area contributed by atoms with Crippen LogP contribution in [0.25, 0.3) is 22.4 Å². The summed E-state index contributed by atoms with van der Waals surface area (Å²) >= 11 is 1.84. The molecule has 0 atom stereocenters. The third kappa shape index (κ3) is 6.07. The molecule has 0 fully saturated rings. The van der Waals surface area contributed by atoms with Gasteiger partial charge in [-0.05, 0) is 35.7 Å². The number of carbonyl (C=O) groups is 1. The second-order valence-electron chi connectivity index (χ2n) is 8.54. The van der Waals surface area contributed by atoms with Crippen molar-refractivity contribution in [2.45, 2.75) is 30.9 Å². The average Bonchev–Trinajstić information content (AvgIpc) is 2.90. The molecule has 0 aliphatic rings. The topological polar surface area (TPSA) is 38.3 Å². The van der Waals surface area contributed by atoms with Crippen molar-refractivity contribution in [3.05, 3.63) is 120 Å². The Kier molecular flexibility index (Phi) is 8.64. The Bertz CT molecular complexity index is 1330. The van der Waals surface area contributed by atoms with Crippen LogP contribution in [-0.4, -0.2) is 17.8 Å². The van der Waals surface area contributed by atoms with E-state index in [0.717, 1.165) is 27.9 Å². The van der Waals surface area contributed by atoms with E-state index >= 15 is 0 Å². The predicted octanol–water partition coefficient (Wildman–Crippen LogP) is 8.40. The van der Waals surface area contributed by atoms with Crippen molar-refractivity contribution in [1.82, 2.24) is 0 Å². The molecule has 182 valence electrons. The van der Waals surface area contributed by atoms with E-state index in [2.05, 4.69) is 55.6 Å². The van der Waals surface area contributed by atoms with Gasteiger partial charge in [0.05, 0.1) is 17.9 Å². The molecule has 36 heavy (non-hydrogen) atoms. The van der Waals surface area contributed by atoms with Gasteiger partial charge >= 0.3 is 5.97 Å². The number of anilines is 1. The van der Waals surface area contributed by atoms with Crippen molar-refractivity contribution in [1.29, 1.82) is 0 Å². The molecule has 0 aliphatic heterocycles. The molecule has 3 nitrogen and oxygen atoms in total. The smallest absolute Gasteiger partial charge is 0.340 e. The van der Waals surface area contributed by atoms with E-state index < -0.39 is 0 Å². The van der Waals surface area contributed by atoms with Crippen LogP contribution in [0, 0.1) is 0 Å². The fraction of sp³-hybridized carbons (Fsp3) is 0.156. The Morgan fingerprint density at radius 2 is 1.31 bits per heavy atom. The quantitative estimate of drug-likeness (QED) is 0.110. The molecule has 0 saturated carbocycles. The van der Waals surface area contributed by atoms with Gasteiger partial charge in [-0.15, -0.1) is 11.8 Å². The SMILES string of the molecule is CCOC(=O)/C(=C(/Nc1ccccc1-c1ccccc1SC(C)C)c1ccccc1)c1ccccc1. The van der Waals surface area contributed by atoms with E-state index in [4.69, 9.17) is 4.74 Å². The molecule has 0 amide bonds. The Balaban J connectivity index is 1.92. The van der Waals surface area contributed by atoms with Gasteiger partial charge in [0.15, 0.2) is 0 Å². The fourth-order valence-electron chi connectivity index (χ4n) is 4.06. The molecular weight excluding hydrogens is 462 g/mol. The van der Waals surface area contributed by atoms with E-state index in [1.54, 1.807) is 0 Å². The van der Waals surface area contributed by atoms with Crippen LogP contribution in [-0.2, 0) is 9.53 Å². The van der Waals surface area contributed by atoms with E-state index in [-0.39, 0.29) is 5.97 Å². The summed E-state index contributed by atoms with van der Waals surface area (Å²) in [5.41, 5.74) is 6.07. The van der Waals surface area contributed by atoms with Crippen molar-refractivity contribution in [3.63, 3.8) is 0 Å². The Hall–Kier alpha value is -3.76. The Labute approximate surface area is 218 Å². The van der Waals surface area contributed by atoms with Gasteiger partial charge in [-0.2, -0.15) is 0 Å². The maximum absolute atomic E-state index is 13.4. The number of rotatable bonds is 9. The number of hydrogen-bond donors (Lipinski definition) is 1. The van der Waals surface area contributed by atoms with Crippen LogP contribution < -0.4 is 5.32 Å². The molecule has 0 heterocycles. The highest BCUT2D eigenvalue weighted by atomic mass is 32.2. The summed E-state index contributed by atoms with van der Waals surface area (Å²) in [5, 5.41) is 4.11. The molecule has 0 saturated heterocycles. The van der Waals surface area contributed by atoms with Crippen LogP contribution >= 0.6 is 11.8 Å². The lowest BCUT2D eigenvalue weighted by atomic mass is 9.97. The maximum Gasteiger partial charge on any atom is 0.340 e. The number of hydrogen-bond acceptors (Lipinski definition) is 4. The summed E-state index contributed by atoms with van der Waals surface area (Å²) < 4.78 is 5.54. The van der Waals surface area contributed by atoms with E-state index in [9.17, 15) is 4.79 Å². The first-order chi connectivity index (χ1) is 17.6. The number of para-hydroxylation sites is 1. The van der Waals surface area contributed by atoms with Crippen LogP contribution in [0.1, 0.15) is 31.9 Å². The van der Waals surface area contributed by atoms with Crippen molar-refractivity contribution in [3.8, 4) is 11.1 Å². The second-order valence-corrected chi connectivity index (χ2v) is 10.2. The molecule has 4 aromatic rings. The van der Waals surface area contributed by atoms with Crippen LogP contribution in [0.3, 0.4) is 0 Å². The van der Waals surface area contributed by atoms with E-state index in [0.29, 0.717) is 23.1 Å². The molecule has 0 aliphatic carbocycles. The van der Waals surface area contributed by atoms with Gasteiger partial charge in [0.1, 0.15) is 0 Å². The molecule has 0 aromatic heterocycles. The third-order valence-corrected chi connectivity index (χ3v) is 6.66. The predicted molar refractivity (Wildman–Crippen MR) is 153 cm³/mol. The monoisotopic (exact) mass is 493 g/mol. The van der Waals surface area contributed by atoms with Crippen molar-refractivity contribution >= 4 is 34.7 Å². The van der Waals surface area contributed by atoms with E-state index in [1.807, 2.05) is 91.5 Å². The van der Waals surface area contributed by atoms with Gasteiger partial charge in [0.25, 0.3) is 0 Å². The minimum Gasteiger partial charge on any atom is -0.462 e. The molecule has 0 unspecified atom stereocenters. The zero-order valence-electron chi connectivity index (χ0n) is 20.9. The second kappa shape index (κ2) is 12.3. The molecule has 4 rings (SSSR count). The zero-order chi connectivity index (χ0) is 25.3. The minimum atomic E-state index is -0.358. The highest BCUT2D eigenvalue weighted by Gasteiger charge is 2.22. The molecular formula is C32H31NO2S. The normalized spacial score (nSPS) is 11.7. The Morgan fingerprint density at radius 3 is 1.94 bits per heavy atom. The number of benzene rings is 4. The molecule has 0 bridgehead atoms. The first kappa shape index (κ1) is 25.3. The van der Waals surface area contributed by atoms with Gasteiger partial charge < -0.3 is 10.1 Å². The van der Waals surface area contributed by atoms with Crippen LogP contribution in [0.2, 0.25) is 0 Å². The summed E-state index contributed by atoms with van der Waals surface area (Å²) in [4.78, 5) is 14.6. The number of thioether (sulfide) groups is 1. The summed E-state index contributed by atoms with van der Waals surface area (Å²) in [7, 11) is 0. The highest BCUT2D eigenvalue weighted by Crippen LogP contribution is 2.39. The summed E-state index contributed by atoms with van der Waals surface area (Å²) in [6.07, 6.45) is 0. The van der Waals surface area contributed by atoms with Crippen LogP contribution in [0.5, 0.6) is 0 Å². The van der Waals surface area contributed by atoms with Crippen LogP contribution in [0.15, 0.2) is 114 Å². The fourth-order valence-corrected chi connectivity index (χ4v) is 5.03.